The van der Waals surface area contributed by atoms with Crippen LogP contribution < -0.4 is 11.1 Å². The number of nitrogens with one attached hydrogen (secondary N) is 1. The molecule has 0 saturated carbocycles. The Morgan fingerprint density at radius 2 is 1.95 bits per heavy atom. The fourth-order valence-corrected chi connectivity index (χ4v) is 2.38. The molecule has 0 spiro atoms. The number of nitrogens with two attached hydrogens (primary N) is 1. The minimum absolute atomic E-state index is 0.199. The number of carbonyl (C=O) groups excluding carboxylic acids is 1. The quantitative estimate of drug-likeness (QED) is 0.866. The van der Waals surface area contributed by atoms with E-state index in [4.69, 9.17) is 5.73 Å². The summed E-state index contributed by atoms with van der Waals surface area (Å²) in [4.78, 5) is 12.7. The molecule has 1 fully saturated rings. The lowest BCUT2D eigenvalue weighted by molar-refractivity contribution is 0.185. The summed E-state index contributed by atoms with van der Waals surface area (Å²) >= 11 is 0. The number of nitrogens with zero attached hydrogens (tertiary/aromatic N) is 1. The molecule has 0 unspecified atom stereocenters. The maximum atomic E-state index is 12.7. The number of hydrogen-bond acceptors (Lipinski definition) is 2. The first-order chi connectivity index (χ1) is 9.15. The molecule has 1 aromatic carbocycles. The molecule has 2 amide bonds. The average molecular weight is 265 g/mol. The summed E-state index contributed by atoms with van der Waals surface area (Å²) in [6.45, 7) is 2.32. The minimum Gasteiger partial charge on any atom is -0.351 e. The zero-order valence-electron chi connectivity index (χ0n) is 10.9. The summed E-state index contributed by atoms with van der Waals surface area (Å²) in [5, 5.41) is 3.47. The van der Waals surface area contributed by atoms with Crippen LogP contribution in [-0.4, -0.2) is 36.6 Å². The Hall–Kier alpha value is -1.62. The van der Waals surface area contributed by atoms with Crippen LogP contribution in [0, 0.1) is 5.82 Å². The molecule has 0 atom stereocenters. The molecule has 1 aliphatic heterocycles. The maximum absolute atomic E-state index is 12.7. The average Bonchev–Trinajstić information content (AvgIpc) is 2.41. The minimum atomic E-state index is -0.329. The first-order valence-corrected chi connectivity index (χ1v) is 6.67. The summed E-state index contributed by atoms with van der Waals surface area (Å²) in [6.07, 6.45) is 2.76. The standard InChI is InChI=1S/C14H20FN3O/c15-12-3-1-11(2-4-12)5-8-17-13-6-9-18(10-7-13)14(16)19/h1-4,13,17H,5-10H2,(H2,16,19). The van der Waals surface area contributed by atoms with Gasteiger partial charge in [0.2, 0.25) is 0 Å². The van der Waals surface area contributed by atoms with E-state index in [9.17, 15) is 9.18 Å². The van der Waals surface area contributed by atoms with E-state index in [1.54, 1.807) is 4.90 Å². The number of amides is 2. The molecule has 1 heterocycles. The van der Waals surface area contributed by atoms with Gasteiger partial charge in [0.1, 0.15) is 5.82 Å². The third-order valence-electron chi connectivity index (χ3n) is 3.57. The normalized spacial score (nSPS) is 16.6. The molecule has 1 saturated heterocycles. The van der Waals surface area contributed by atoms with Crippen LogP contribution in [0.3, 0.4) is 0 Å². The van der Waals surface area contributed by atoms with Gasteiger partial charge in [0.05, 0.1) is 0 Å². The summed E-state index contributed by atoms with van der Waals surface area (Å²) in [5.74, 6) is -0.199. The van der Waals surface area contributed by atoms with E-state index >= 15 is 0 Å². The van der Waals surface area contributed by atoms with Crippen molar-refractivity contribution in [1.29, 1.82) is 0 Å². The van der Waals surface area contributed by atoms with Gasteiger partial charge in [0.15, 0.2) is 0 Å². The predicted octanol–water partition coefficient (Wildman–Crippen LogP) is 1.50. The Labute approximate surface area is 112 Å². The largest absolute Gasteiger partial charge is 0.351 e. The summed E-state index contributed by atoms with van der Waals surface area (Å²) in [6, 6.07) is 6.71. The lowest BCUT2D eigenvalue weighted by atomic mass is 10.0. The lowest BCUT2D eigenvalue weighted by Crippen LogP contribution is -2.47. The van der Waals surface area contributed by atoms with Crippen molar-refractivity contribution in [2.24, 2.45) is 5.73 Å². The molecule has 104 valence electrons. The Bertz CT molecular complexity index is 413. The molecule has 0 bridgehead atoms. The van der Waals surface area contributed by atoms with Crippen LogP contribution in [0.25, 0.3) is 0 Å². The van der Waals surface area contributed by atoms with Crippen LogP contribution in [-0.2, 0) is 6.42 Å². The third kappa shape index (κ3) is 4.21. The number of urea groups is 1. The Morgan fingerprint density at radius 1 is 1.32 bits per heavy atom. The van der Waals surface area contributed by atoms with Crippen molar-refractivity contribution in [3.63, 3.8) is 0 Å². The van der Waals surface area contributed by atoms with E-state index in [-0.39, 0.29) is 11.8 Å². The first-order valence-electron chi connectivity index (χ1n) is 6.67. The molecule has 0 aliphatic carbocycles. The highest BCUT2D eigenvalue weighted by atomic mass is 19.1. The molecule has 1 aliphatic rings. The second-order valence-corrected chi connectivity index (χ2v) is 4.93. The molecule has 2 rings (SSSR count). The number of rotatable bonds is 4. The second kappa shape index (κ2) is 6.52. The van der Waals surface area contributed by atoms with Gasteiger partial charge in [-0.2, -0.15) is 0 Å². The van der Waals surface area contributed by atoms with E-state index < -0.39 is 0 Å². The van der Waals surface area contributed by atoms with Crippen molar-refractivity contribution < 1.29 is 9.18 Å². The molecular formula is C14H20FN3O. The third-order valence-corrected chi connectivity index (χ3v) is 3.57. The second-order valence-electron chi connectivity index (χ2n) is 4.93. The fourth-order valence-electron chi connectivity index (χ4n) is 2.38. The molecule has 19 heavy (non-hydrogen) atoms. The van der Waals surface area contributed by atoms with Gasteiger partial charge in [-0.15, -0.1) is 0 Å². The number of likely N-dealkylation sites (tertiary alicyclic amines) is 1. The van der Waals surface area contributed by atoms with Crippen molar-refractivity contribution in [3.05, 3.63) is 35.6 Å². The maximum Gasteiger partial charge on any atom is 0.314 e. The Morgan fingerprint density at radius 3 is 2.53 bits per heavy atom. The molecule has 3 N–H and O–H groups in total. The zero-order chi connectivity index (χ0) is 13.7. The highest BCUT2D eigenvalue weighted by Gasteiger charge is 2.20. The van der Waals surface area contributed by atoms with Gasteiger partial charge < -0.3 is 16.0 Å². The van der Waals surface area contributed by atoms with Gasteiger partial charge in [0, 0.05) is 19.1 Å². The van der Waals surface area contributed by atoms with Crippen molar-refractivity contribution >= 4 is 6.03 Å². The summed E-state index contributed by atoms with van der Waals surface area (Å²) in [7, 11) is 0. The Balaban J connectivity index is 1.67. The van der Waals surface area contributed by atoms with E-state index in [2.05, 4.69) is 5.32 Å². The highest BCUT2D eigenvalue weighted by molar-refractivity contribution is 5.72. The van der Waals surface area contributed by atoms with Crippen molar-refractivity contribution in [1.82, 2.24) is 10.2 Å². The van der Waals surface area contributed by atoms with E-state index in [1.807, 2.05) is 12.1 Å². The van der Waals surface area contributed by atoms with E-state index in [1.165, 1.54) is 12.1 Å². The van der Waals surface area contributed by atoms with E-state index in [0.29, 0.717) is 6.04 Å². The van der Waals surface area contributed by atoms with Crippen LogP contribution in [0.2, 0.25) is 0 Å². The highest BCUT2D eigenvalue weighted by Crippen LogP contribution is 2.10. The van der Waals surface area contributed by atoms with Crippen LogP contribution in [0.4, 0.5) is 9.18 Å². The van der Waals surface area contributed by atoms with Gasteiger partial charge in [-0.1, -0.05) is 12.1 Å². The number of hydrogen-bond donors (Lipinski definition) is 2. The van der Waals surface area contributed by atoms with Crippen LogP contribution in [0.1, 0.15) is 18.4 Å². The Kier molecular flexibility index (Phi) is 4.74. The number of primary amides is 1. The van der Waals surface area contributed by atoms with Gasteiger partial charge in [-0.05, 0) is 43.5 Å². The topological polar surface area (TPSA) is 58.4 Å². The lowest BCUT2D eigenvalue weighted by Gasteiger charge is -2.31. The molecule has 1 aromatic rings. The van der Waals surface area contributed by atoms with Gasteiger partial charge >= 0.3 is 6.03 Å². The smallest absolute Gasteiger partial charge is 0.314 e. The number of piperidine rings is 1. The first kappa shape index (κ1) is 13.8. The summed E-state index contributed by atoms with van der Waals surface area (Å²) in [5.41, 5.74) is 6.37. The molecule has 5 heteroatoms. The monoisotopic (exact) mass is 265 g/mol. The van der Waals surface area contributed by atoms with Crippen molar-refractivity contribution in [3.8, 4) is 0 Å². The molecule has 0 aromatic heterocycles. The van der Waals surface area contributed by atoms with Gasteiger partial charge in [0.25, 0.3) is 0 Å². The predicted molar refractivity (Wildman–Crippen MR) is 72.3 cm³/mol. The van der Waals surface area contributed by atoms with Gasteiger partial charge in [-0.3, -0.25) is 0 Å². The molecule has 0 radical (unpaired) electrons. The van der Waals surface area contributed by atoms with Crippen LogP contribution >= 0.6 is 0 Å². The summed E-state index contributed by atoms with van der Waals surface area (Å²) < 4.78 is 12.7. The fraction of sp³-hybridized carbons (Fsp3) is 0.500. The SMILES string of the molecule is NC(=O)N1CCC(NCCc2ccc(F)cc2)CC1. The number of carbonyl (C=O) groups is 1. The number of benzene rings is 1. The molecule has 4 nitrogen and oxygen atoms in total. The van der Waals surface area contributed by atoms with Crippen molar-refractivity contribution in [2.75, 3.05) is 19.6 Å². The molecular weight excluding hydrogens is 245 g/mol. The number of halogens is 1. The van der Waals surface area contributed by atoms with Crippen LogP contribution in [0.15, 0.2) is 24.3 Å². The van der Waals surface area contributed by atoms with Gasteiger partial charge in [-0.25, -0.2) is 9.18 Å². The van der Waals surface area contributed by atoms with Crippen molar-refractivity contribution in [2.45, 2.75) is 25.3 Å². The zero-order valence-corrected chi connectivity index (χ0v) is 10.9. The van der Waals surface area contributed by atoms with Crippen LogP contribution in [0.5, 0.6) is 0 Å². The van der Waals surface area contributed by atoms with E-state index in [0.717, 1.165) is 44.5 Å².